The number of hydrogen-bond donors (Lipinski definition) is 2. The van der Waals surface area contributed by atoms with Crippen LogP contribution in [0, 0.1) is 5.92 Å². The first-order valence-corrected chi connectivity index (χ1v) is 11.0. The molecule has 0 fully saturated rings. The van der Waals surface area contributed by atoms with Gasteiger partial charge in [-0.05, 0) is 42.3 Å². The second kappa shape index (κ2) is 8.00. The van der Waals surface area contributed by atoms with Crippen LogP contribution in [0.25, 0.3) is 0 Å². The van der Waals surface area contributed by atoms with E-state index in [1.165, 1.54) is 6.07 Å². The maximum atomic E-state index is 12.5. The molecule has 5 nitrogen and oxygen atoms in total. The Hall–Kier alpha value is -1.54. The summed E-state index contributed by atoms with van der Waals surface area (Å²) >= 11 is 7.39. The molecule has 2 N–H and O–H groups in total. The van der Waals surface area contributed by atoms with E-state index in [0.29, 0.717) is 22.9 Å². The third-order valence-corrected chi connectivity index (χ3v) is 7.12. The van der Waals surface area contributed by atoms with E-state index >= 15 is 0 Å². The van der Waals surface area contributed by atoms with Gasteiger partial charge in [-0.3, -0.25) is 4.79 Å². The number of carbonyl (C=O) groups is 1. The smallest absolute Gasteiger partial charge is 0.240 e. The Bertz CT molecular complexity index is 915. The normalized spacial score (nSPS) is 17.3. The van der Waals surface area contributed by atoms with E-state index in [-0.39, 0.29) is 23.3 Å². The van der Waals surface area contributed by atoms with Gasteiger partial charge < -0.3 is 5.32 Å². The molecule has 138 valence electrons. The van der Waals surface area contributed by atoms with E-state index in [1.807, 2.05) is 19.1 Å². The van der Waals surface area contributed by atoms with Gasteiger partial charge in [-0.1, -0.05) is 30.7 Å². The monoisotopic (exact) mass is 410 g/mol. The van der Waals surface area contributed by atoms with Crippen LogP contribution in [-0.4, -0.2) is 26.6 Å². The van der Waals surface area contributed by atoms with Crippen molar-refractivity contribution in [3.05, 3.63) is 53.1 Å². The number of sulfonamides is 1. The minimum absolute atomic E-state index is 0.0958. The Morgan fingerprint density at radius 1 is 1.23 bits per heavy atom. The van der Waals surface area contributed by atoms with Crippen molar-refractivity contribution in [1.82, 2.24) is 4.72 Å². The van der Waals surface area contributed by atoms with Gasteiger partial charge in [0.25, 0.3) is 0 Å². The number of hydrogen-bond acceptors (Lipinski definition) is 4. The van der Waals surface area contributed by atoms with Crippen molar-refractivity contribution in [3.63, 3.8) is 0 Å². The lowest BCUT2D eigenvalue weighted by Gasteiger charge is -2.11. The molecule has 1 aliphatic heterocycles. The van der Waals surface area contributed by atoms with Crippen LogP contribution < -0.4 is 10.0 Å². The number of benzene rings is 2. The number of amides is 1. The SMILES string of the molecule is C[C@@H]1CSc2ccc(S(=O)(=O)NCCc3ccc(Cl)cc3)cc2NC1=O. The summed E-state index contributed by atoms with van der Waals surface area (Å²) in [5.41, 5.74) is 1.54. The lowest BCUT2D eigenvalue weighted by atomic mass is 10.2. The molecular weight excluding hydrogens is 392 g/mol. The van der Waals surface area contributed by atoms with Crippen molar-refractivity contribution >= 4 is 45.0 Å². The molecule has 1 atom stereocenters. The van der Waals surface area contributed by atoms with Gasteiger partial charge in [-0.2, -0.15) is 0 Å². The Labute approximate surface area is 162 Å². The molecule has 0 saturated carbocycles. The predicted molar refractivity (Wildman–Crippen MR) is 105 cm³/mol. The first-order valence-electron chi connectivity index (χ1n) is 8.17. The van der Waals surface area contributed by atoms with Crippen LogP contribution in [0.3, 0.4) is 0 Å². The minimum Gasteiger partial charge on any atom is -0.325 e. The molecule has 1 heterocycles. The summed E-state index contributed by atoms with van der Waals surface area (Å²) in [5.74, 6) is 0.455. The van der Waals surface area contributed by atoms with Gasteiger partial charge in [0.2, 0.25) is 15.9 Å². The summed E-state index contributed by atoms with van der Waals surface area (Å²) in [6, 6.07) is 12.1. The molecular formula is C18H19ClN2O3S2. The van der Waals surface area contributed by atoms with E-state index in [1.54, 1.807) is 36.0 Å². The third-order valence-electron chi connectivity index (χ3n) is 4.07. The lowest BCUT2D eigenvalue weighted by molar-refractivity contribution is -0.118. The highest BCUT2D eigenvalue weighted by Crippen LogP contribution is 2.34. The standard InChI is InChI=1S/C18H19ClN2O3S2/c1-12-11-25-17-7-6-15(10-16(17)21-18(12)22)26(23,24)20-9-8-13-2-4-14(19)5-3-13/h2-7,10,12,20H,8-9,11H2,1H3,(H,21,22)/t12-/m1/s1. The second-order valence-corrected chi connectivity index (χ2v) is 9.40. The number of halogens is 1. The molecule has 0 spiro atoms. The van der Waals surface area contributed by atoms with E-state index in [4.69, 9.17) is 11.6 Å². The van der Waals surface area contributed by atoms with Crippen molar-refractivity contribution in [2.45, 2.75) is 23.1 Å². The second-order valence-electron chi connectivity index (χ2n) is 6.13. The van der Waals surface area contributed by atoms with Crippen molar-refractivity contribution in [2.24, 2.45) is 5.92 Å². The van der Waals surface area contributed by atoms with Gasteiger partial charge in [0.1, 0.15) is 0 Å². The first kappa shape index (κ1) is 19.2. The van der Waals surface area contributed by atoms with E-state index < -0.39 is 10.0 Å². The summed E-state index contributed by atoms with van der Waals surface area (Å²) < 4.78 is 27.7. The Morgan fingerprint density at radius 3 is 2.69 bits per heavy atom. The quantitative estimate of drug-likeness (QED) is 0.790. The van der Waals surface area contributed by atoms with Crippen LogP contribution in [0.4, 0.5) is 5.69 Å². The zero-order chi connectivity index (χ0) is 18.7. The molecule has 0 unspecified atom stereocenters. The molecule has 2 aromatic rings. The molecule has 0 saturated heterocycles. The van der Waals surface area contributed by atoms with Crippen LogP contribution in [0.15, 0.2) is 52.3 Å². The van der Waals surface area contributed by atoms with Gasteiger partial charge in [-0.25, -0.2) is 13.1 Å². The highest BCUT2D eigenvalue weighted by Gasteiger charge is 2.22. The minimum atomic E-state index is -3.65. The Kier molecular flexibility index (Phi) is 5.92. The topological polar surface area (TPSA) is 75.3 Å². The molecule has 26 heavy (non-hydrogen) atoms. The molecule has 0 radical (unpaired) electrons. The number of fused-ring (bicyclic) bond motifs is 1. The van der Waals surface area contributed by atoms with Crippen LogP contribution in [-0.2, 0) is 21.2 Å². The Balaban J connectivity index is 1.70. The maximum absolute atomic E-state index is 12.5. The van der Waals surface area contributed by atoms with Gasteiger partial charge in [-0.15, -0.1) is 11.8 Å². The summed E-state index contributed by atoms with van der Waals surface area (Å²) in [6.45, 7) is 2.13. The van der Waals surface area contributed by atoms with E-state index in [2.05, 4.69) is 10.0 Å². The number of anilines is 1. The average Bonchev–Trinajstić information content (AvgIpc) is 2.75. The predicted octanol–water partition coefficient (Wildman–Crippen LogP) is 3.54. The largest absolute Gasteiger partial charge is 0.325 e. The first-order chi connectivity index (χ1) is 12.3. The van der Waals surface area contributed by atoms with E-state index in [9.17, 15) is 13.2 Å². The fourth-order valence-corrected chi connectivity index (χ4v) is 4.70. The number of rotatable bonds is 5. The molecule has 1 aliphatic rings. The van der Waals surface area contributed by atoms with Crippen molar-refractivity contribution in [3.8, 4) is 0 Å². The van der Waals surface area contributed by atoms with Crippen molar-refractivity contribution in [1.29, 1.82) is 0 Å². The molecule has 8 heteroatoms. The van der Waals surface area contributed by atoms with Gasteiger partial charge in [0.05, 0.1) is 10.6 Å². The number of thioether (sulfide) groups is 1. The third kappa shape index (κ3) is 4.59. The molecule has 0 aromatic heterocycles. The zero-order valence-electron chi connectivity index (χ0n) is 14.2. The fraction of sp³-hybridized carbons (Fsp3) is 0.278. The van der Waals surface area contributed by atoms with Gasteiger partial charge >= 0.3 is 0 Å². The fourth-order valence-electron chi connectivity index (χ4n) is 2.51. The molecule has 0 bridgehead atoms. The van der Waals surface area contributed by atoms with Gasteiger partial charge in [0.15, 0.2) is 0 Å². The lowest BCUT2D eigenvalue weighted by Crippen LogP contribution is -2.26. The highest BCUT2D eigenvalue weighted by atomic mass is 35.5. The maximum Gasteiger partial charge on any atom is 0.240 e. The van der Waals surface area contributed by atoms with Crippen molar-refractivity contribution in [2.75, 3.05) is 17.6 Å². The zero-order valence-corrected chi connectivity index (χ0v) is 16.5. The van der Waals surface area contributed by atoms with Crippen molar-refractivity contribution < 1.29 is 13.2 Å². The Morgan fingerprint density at radius 2 is 1.96 bits per heavy atom. The number of nitrogens with one attached hydrogen (secondary N) is 2. The van der Waals surface area contributed by atoms with Crippen LogP contribution >= 0.6 is 23.4 Å². The summed E-state index contributed by atoms with van der Waals surface area (Å²) in [6.07, 6.45) is 0.561. The molecule has 1 amide bonds. The van der Waals surface area contributed by atoms with E-state index in [0.717, 1.165) is 10.5 Å². The molecule has 3 rings (SSSR count). The van der Waals surface area contributed by atoms with Gasteiger partial charge in [0, 0.05) is 28.1 Å². The number of carbonyl (C=O) groups excluding carboxylic acids is 1. The van der Waals surface area contributed by atoms with Crippen LogP contribution in [0.2, 0.25) is 5.02 Å². The molecule has 2 aromatic carbocycles. The summed E-state index contributed by atoms with van der Waals surface area (Å²) in [5, 5.41) is 3.45. The summed E-state index contributed by atoms with van der Waals surface area (Å²) in [4.78, 5) is 13.0. The average molecular weight is 411 g/mol. The van der Waals surface area contributed by atoms with Crippen LogP contribution in [0.1, 0.15) is 12.5 Å². The highest BCUT2D eigenvalue weighted by molar-refractivity contribution is 7.99. The van der Waals surface area contributed by atoms with Crippen LogP contribution in [0.5, 0.6) is 0 Å². The molecule has 0 aliphatic carbocycles. The summed E-state index contributed by atoms with van der Waals surface area (Å²) in [7, 11) is -3.65.